The highest BCUT2D eigenvalue weighted by molar-refractivity contribution is 5.83. The van der Waals surface area contributed by atoms with E-state index in [2.05, 4.69) is 71.8 Å². The minimum atomic E-state index is 0.221. The number of benzene rings is 1. The maximum atomic E-state index is 5.40. The third kappa shape index (κ3) is 3.90. The average molecular weight is 366 g/mol. The molecule has 1 aromatic heterocycles. The highest BCUT2D eigenvalue weighted by Gasteiger charge is 2.37. The van der Waals surface area contributed by atoms with Crippen molar-refractivity contribution < 1.29 is 4.52 Å². The second kappa shape index (κ2) is 7.30. The summed E-state index contributed by atoms with van der Waals surface area (Å²) in [6.45, 7) is 16.4. The van der Waals surface area contributed by atoms with Crippen LogP contribution in [0.4, 0.5) is 0 Å². The first-order valence-corrected chi connectivity index (χ1v) is 10.5. The summed E-state index contributed by atoms with van der Waals surface area (Å²) in [6.07, 6.45) is 8.66. The van der Waals surface area contributed by atoms with Crippen molar-refractivity contribution in [2.24, 2.45) is 5.92 Å². The van der Waals surface area contributed by atoms with Crippen molar-refractivity contribution in [3.8, 4) is 0 Å². The Balaban J connectivity index is 2.25. The summed E-state index contributed by atoms with van der Waals surface area (Å²) in [5.74, 6) is 1.25. The number of aromatic nitrogens is 1. The van der Waals surface area contributed by atoms with Crippen LogP contribution in [0.3, 0.4) is 0 Å². The average Bonchev–Trinajstić information content (AvgIpc) is 3.10. The Labute approximate surface area is 165 Å². The molecule has 0 radical (unpaired) electrons. The molecular formula is C25H35NO. The molecule has 0 spiro atoms. The molecule has 0 N–H and O–H groups in total. The van der Waals surface area contributed by atoms with Gasteiger partial charge in [0.15, 0.2) is 5.76 Å². The van der Waals surface area contributed by atoms with Crippen molar-refractivity contribution in [3.05, 3.63) is 52.4 Å². The van der Waals surface area contributed by atoms with Gasteiger partial charge in [0, 0.05) is 6.07 Å². The molecule has 1 aliphatic rings. The van der Waals surface area contributed by atoms with Crippen LogP contribution in [0.15, 0.2) is 28.9 Å². The second-order valence-corrected chi connectivity index (χ2v) is 9.74. The smallest absolute Gasteiger partial charge is 0.159 e. The molecule has 1 heterocycles. The Morgan fingerprint density at radius 3 is 2.26 bits per heavy atom. The molecule has 0 aliphatic heterocycles. The van der Waals surface area contributed by atoms with E-state index in [1.807, 2.05) is 6.07 Å². The fraction of sp³-hybridized carbons (Fsp3) is 0.560. The molecule has 0 bridgehead atoms. The van der Waals surface area contributed by atoms with Crippen molar-refractivity contribution in [3.63, 3.8) is 0 Å². The van der Waals surface area contributed by atoms with Gasteiger partial charge < -0.3 is 4.52 Å². The van der Waals surface area contributed by atoms with Gasteiger partial charge >= 0.3 is 0 Å². The number of allylic oxidation sites excluding steroid dienone is 1. The lowest BCUT2D eigenvalue weighted by Crippen LogP contribution is -2.34. The van der Waals surface area contributed by atoms with Gasteiger partial charge in [-0.25, -0.2) is 0 Å². The lowest BCUT2D eigenvalue weighted by molar-refractivity contribution is 0.331. The minimum absolute atomic E-state index is 0.221. The van der Waals surface area contributed by atoms with E-state index in [4.69, 9.17) is 4.52 Å². The summed E-state index contributed by atoms with van der Waals surface area (Å²) >= 11 is 0. The lowest BCUT2D eigenvalue weighted by atomic mass is 9.62. The molecule has 2 nitrogen and oxygen atoms in total. The summed E-state index contributed by atoms with van der Waals surface area (Å²) in [6, 6.07) is 6.96. The van der Waals surface area contributed by atoms with E-state index in [0.29, 0.717) is 5.92 Å². The van der Waals surface area contributed by atoms with Crippen molar-refractivity contribution in [2.45, 2.75) is 85.0 Å². The molecule has 0 fully saturated rings. The predicted molar refractivity (Wildman–Crippen MR) is 115 cm³/mol. The van der Waals surface area contributed by atoms with Gasteiger partial charge in [0.1, 0.15) is 0 Å². The van der Waals surface area contributed by atoms with E-state index in [0.717, 1.165) is 18.6 Å². The van der Waals surface area contributed by atoms with Crippen molar-refractivity contribution in [1.29, 1.82) is 0 Å². The Morgan fingerprint density at radius 2 is 1.74 bits per heavy atom. The molecule has 2 aromatic rings. The van der Waals surface area contributed by atoms with Crippen molar-refractivity contribution >= 4 is 11.6 Å². The van der Waals surface area contributed by atoms with Crippen LogP contribution >= 0.6 is 0 Å². The summed E-state index contributed by atoms with van der Waals surface area (Å²) in [7, 11) is 0. The highest BCUT2D eigenvalue weighted by Crippen LogP contribution is 2.47. The van der Waals surface area contributed by atoms with E-state index in [9.17, 15) is 0 Å². The number of aryl methyl sites for hydroxylation is 1. The number of fused-ring (bicyclic) bond motifs is 1. The third-order valence-corrected chi connectivity index (χ3v) is 6.28. The van der Waals surface area contributed by atoms with E-state index in [-0.39, 0.29) is 10.8 Å². The number of hydrogen-bond donors (Lipinski definition) is 0. The van der Waals surface area contributed by atoms with Gasteiger partial charge in [-0.2, -0.15) is 0 Å². The molecule has 1 aromatic carbocycles. The topological polar surface area (TPSA) is 26.0 Å². The van der Waals surface area contributed by atoms with Crippen molar-refractivity contribution in [1.82, 2.24) is 5.16 Å². The highest BCUT2D eigenvalue weighted by atomic mass is 16.5. The van der Waals surface area contributed by atoms with E-state index >= 15 is 0 Å². The first kappa shape index (κ1) is 19.9. The molecule has 0 saturated carbocycles. The first-order chi connectivity index (χ1) is 12.7. The zero-order chi connectivity index (χ0) is 19.8. The summed E-state index contributed by atoms with van der Waals surface area (Å²) in [5.41, 5.74) is 7.76. The van der Waals surface area contributed by atoms with Crippen LogP contribution < -0.4 is 0 Å². The van der Waals surface area contributed by atoms with Gasteiger partial charge in [-0.15, -0.1) is 0 Å². The molecule has 1 aliphatic carbocycles. The maximum Gasteiger partial charge on any atom is 0.159 e. The molecule has 146 valence electrons. The molecule has 0 atom stereocenters. The number of nitrogens with zero attached hydrogens (tertiary/aromatic N) is 1. The van der Waals surface area contributed by atoms with Crippen LogP contribution in [0.2, 0.25) is 0 Å². The van der Waals surface area contributed by atoms with Crippen molar-refractivity contribution in [2.75, 3.05) is 0 Å². The quantitative estimate of drug-likeness (QED) is 0.561. The van der Waals surface area contributed by atoms with E-state index in [1.165, 1.54) is 35.1 Å². The fourth-order valence-electron chi connectivity index (χ4n) is 4.41. The van der Waals surface area contributed by atoms with Crippen LogP contribution in [0.1, 0.15) is 95.7 Å². The normalized spacial score (nSPS) is 18.6. The first-order valence-electron chi connectivity index (χ1n) is 10.5. The SMILES string of the molecule is CCCc1cc2c(cc1C(=Cc1ccno1)C(C)C)C(C)(C)CCC2(C)C. The van der Waals surface area contributed by atoms with Gasteiger partial charge in [0.05, 0.1) is 6.20 Å². The Kier molecular flexibility index (Phi) is 5.38. The maximum absolute atomic E-state index is 5.40. The standard InChI is InChI=1S/C25H35NO/c1-8-9-18-14-22-23(25(6,7)12-11-24(22,4)5)16-21(18)20(17(2)3)15-19-10-13-26-27-19/h10,13-17H,8-9,11-12H2,1-7H3. The monoisotopic (exact) mass is 365 g/mol. The van der Waals surface area contributed by atoms with Crippen LogP contribution in [0.5, 0.6) is 0 Å². The van der Waals surface area contributed by atoms with Gasteiger partial charge in [0.25, 0.3) is 0 Å². The molecular weight excluding hydrogens is 330 g/mol. The molecule has 3 rings (SSSR count). The fourth-order valence-corrected chi connectivity index (χ4v) is 4.41. The van der Waals surface area contributed by atoms with Crippen LogP contribution in [-0.2, 0) is 17.3 Å². The Morgan fingerprint density at radius 1 is 1.11 bits per heavy atom. The third-order valence-electron chi connectivity index (χ3n) is 6.28. The van der Waals surface area contributed by atoms with Gasteiger partial charge in [0.2, 0.25) is 0 Å². The number of hydrogen-bond acceptors (Lipinski definition) is 2. The lowest BCUT2D eigenvalue weighted by Gasteiger charge is -2.42. The molecule has 0 saturated heterocycles. The summed E-state index contributed by atoms with van der Waals surface area (Å²) in [4.78, 5) is 0. The van der Waals surface area contributed by atoms with E-state index in [1.54, 1.807) is 11.8 Å². The van der Waals surface area contributed by atoms with Crippen LogP contribution in [-0.4, -0.2) is 5.16 Å². The van der Waals surface area contributed by atoms with Gasteiger partial charge in [-0.3, -0.25) is 0 Å². The largest absolute Gasteiger partial charge is 0.357 e. The second-order valence-electron chi connectivity index (χ2n) is 9.74. The zero-order valence-electron chi connectivity index (χ0n) is 18.1. The number of rotatable bonds is 5. The predicted octanol–water partition coefficient (Wildman–Crippen LogP) is 7.17. The molecule has 0 unspecified atom stereocenters. The van der Waals surface area contributed by atoms with Gasteiger partial charge in [-0.1, -0.05) is 72.2 Å². The minimum Gasteiger partial charge on any atom is -0.357 e. The Hall–Kier alpha value is -1.83. The molecule has 2 heteroatoms. The molecule has 27 heavy (non-hydrogen) atoms. The van der Waals surface area contributed by atoms with Crippen LogP contribution in [0.25, 0.3) is 11.6 Å². The summed E-state index contributed by atoms with van der Waals surface area (Å²) < 4.78 is 5.40. The van der Waals surface area contributed by atoms with Gasteiger partial charge in [-0.05, 0) is 69.9 Å². The zero-order valence-corrected chi connectivity index (χ0v) is 18.1. The molecule has 0 amide bonds. The van der Waals surface area contributed by atoms with Crippen LogP contribution in [0, 0.1) is 5.92 Å². The Bertz CT molecular complexity index is 822. The van der Waals surface area contributed by atoms with E-state index < -0.39 is 0 Å². The summed E-state index contributed by atoms with van der Waals surface area (Å²) in [5, 5.41) is 3.88.